The second-order valence-corrected chi connectivity index (χ2v) is 0.427. The fourth-order valence-corrected chi connectivity index (χ4v) is 0. The van der Waals surface area contributed by atoms with Crippen LogP contribution in [0.15, 0.2) is 4.66 Å². The molecular weight excluding hydrogens is 70.1 g/mol. The molecule has 0 unspecified atom stereocenters. The van der Waals surface area contributed by atoms with Crippen LogP contribution in [0.2, 0.25) is 0 Å². The Morgan fingerprint density at radius 3 is 2.25 bits per heavy atom. The Kier molecular flexibility index (Phi) is 2.34. The van der Waals surface area contributed by atoms with Crippen molar-refractivity contribution in [2.75, 3.05) is 0 Å². The van der Waals surface area contributed by atoms with Gasteiger partial charge in [0.25, 0.3) is 0 Å². The molecule has 0 aromatic carbocycles. The van der Waals surface area contributed by atoms with Crippen LogP contribution in [-0.4, -0.2) is 16.5 Å². The summed E-state index contributed by atoms with van der Waals surface area (Å²) in [7, 11) is 2.49. The maximum absolute atomic E-state index is 8.83. The highest BCUT2D eigenvalue weighted by atomic mass is 28.2. The number of carbonyl (C=O) groups excluding carboxylic acids is 1. The standard InChI is InChI=1S/CNOSi/c3-1-2-4. The zero-order valence-corrected chi connectivity index (χ0v) is 2.86. The fraction of sp³-hybridized carbons (Fsp3) is 0. The summed E-state index contributed by atoms with van der Waals surface area (Å²) in [6, 6.07) is 0. The van der Waals surface area contributed by atoms with Crippen LogP contribution in [0.1, 0.15) is 0 Å². The molecule has 0 aromatic rings. The van der Waals surface area contributed by atoms with Crippen molar-refractivity contribution in [3.05, 3.63) is 0 Å². The van der Waals surface area contributed by atoms with E-state index >= 15 is 0 Å². The molecule has 3 radical (unpaired) electrons. The molecule has 0 heterocycles. The van der Waals surface area contributed by atoms with E-state index in [0.717, 1.165) is 0 Å². The van der Waals surface area contributed by atoms with E-state index in [1.54, 1.807) is 0 Å². The van der Waals surface area contributed by atoms with Crippen molar-refractivity contribution in [2.24, 2.45) is 4.66 Å². The van der Waals surface area contributed by atoms with Gasteiger partial charge in [-0.15, -0.1) is 0 Å². The van der Waals surface area contributed by atoms with Gasteiger partial charge in [0.15, 0.2) is 0 Å². The molecule has 4 heavy (non-hydrogen) atoms. The summed E-state index contributed by atoms with van der Waals surface area (Å²) < 4.78 is 2.74. The van der Waals surface area contributed by atoms with Gasteiger partial charge < -0.3 is 0 Å². The monoisotopic (exact) mass is 70.0 g/mol. The first kappa shape index (κ1) is 3.60. The maximum atomic E-state index is 8.83. The van der Waals surface area contributed by atoms with Gasteiger partial charge in [0, 0.05) is 0 Å². The Hall–Kier alpha value is -0.403. The largest absolute Gasteiger partial charge is 0.251 e. The molecule has 2 nitrogen and oxygen atoms in total. The van der Waals surface area contributed by atoms with Crippen molar-refractivity contribution in [1.29, 1.82) is 0 Å². The molecule has 0 aliphatic carbocycles. The molecule has 3 heteroatoms. The zero-order valence-electron chi connectivity index (χ0n) is 1.86. The van der Waals surface area contributed by atoms with Crippen LogP contribution < -0.4 is 0 Å². The third-order valence-corrected chi connectivity index (χ3v) is 0.137. The third kappa shape index (κ3) is 1.60. The van der Waals surface area contributed by atoms with Gasteiger partial charge in [0.1, 0.15) is 0 Å². The van der Waals surface area contributed by atoms with Gasteiger partial charge in [-0.05, 0) is 0 Å². The van der Waals surface area contributed by atoms with Crippen molar-refractivity contribution in [2.45, 2.75) is 0 Å². The quantitative estimate of drug-likeness (QED) is 0.213. The van der Waals surface area contributed by atoms with Crippen molar-refractivity contribution >= 4 is 16.5 Å². The Balaban J connectivity index is 3.11. The van der Waals surface area contributed by atoms with Gasteiger partial charge >= 0.3 is 0 Å². The fourth-order valence-electron chi connectivity index (χ4n) is 0. The van der Waals surface area contributed by atoms with Crippen LogP contribution in [0.5, 0.6) is 0 Å². The van der Waals surface area contributed by atoms with Crippen LogP contribution in [0.4, 0.5) is 0 Å². The molecule has 0 N–H and O–H groups in total. The van der Waals surface area contributed by atoms with Crippen LogP contribution in [-0.2, 0) is 4.79 Å². The summed E-state index contributed by atoms with van der Waals surface area (Å²) in [5.41, 5.74) is 0. The van der Waals surface area contributed by atoms with Crippen LogP contribution in [0.3, 0.4) is 0 Å². The van der Waals surface area contributed by atoms with Crippen LogP contribution >= 0.6 is 0 Å². The van der Waals surface area contributed by atoms with E-state index in [0.29, 0.717) is 0 Å². The SMILES string of the molecule is O=C=N[Si]. The molecular formula is CNOSi. The first-order chi connectivity index (χ1) is 1.91. The minimum absolute atomic E-state index is 1.22. The molecule has 0 spiro atoms. The number of isocyanates is 1. The number of nitrogens with zero attached hydrogens (tertiary/aromatic N) is 1. The molecule has 0 fully saturated rings. The minimum atomic E-state index is 1.22. The zero-order chi connectivity index (χ0) is 3.41. The molecule has 19 valence electrons. The van der Waals surface area contributed by atoms with Crippen LogP contribution in [0, 0.1) is 0 Å². The Labute approximate surface area is 27.0 Å². The average molecular weight is 70.1 g/mol. The Morgan fingerprint density at radius 1 is 2.00 bits per heavy atom. The first-order valence-electron chi connectivity index (χ1n) is 0.651. The number of rotatable bonds is 0. The predicted octanol–water partition coefficient (Wildman–Crippen LogP) is -0.594. The maximum Gasteiger partial charge on any atom is 0.240 e. The molecule has 0 aromatic heterocycles. The summed E-state index contributed by atoms with van der Waals surface area (Å²) in [6.45, 7) is 0. The van der Waals surface area contributed by atoms with E-state index in [4.69, 9.17) is 4.79 Å². The smallest absolute Gasteiger partial charge is 0.240 e. The summed E-state index contributed by atoms with van der Waals surface area (Å²) >= 11 is 0. The summed E-state index contributed by atoms with van der Waals surface area (Å²) in [4.78, 5) is 8.83. The summed E-state index contributed by atoms with van der Waals surface area (Å²) in [6.07, 6.45) is 1.22. The van der Waals surface area contributed by atoms with E-state index in [1.807, 2.05) is 0 Å². The van der Waals surface area contributed by atoms with E-state index in [1.165, 1.54) is 6.08 Å². The lowest BCUT2D eigenvalue weighted by Gasteiger charge is -1.33. The van der Waals surface area contributed by atoms with Crippen molar-refractivity contribution in [3.8, 4) is 0 Å². The second kappa shape index (κ2) is 2.60. The second-order valence-electron chi connectivity index (χ2n) is 0.203. The van der Waals surface area contributed by atoms with E-state index in [2.05, 4.69) is 15.1 Å². The predicted molar refractivity (Wildman–Crippen MR) is 13.9 cm³/mol. The van der Waals surface area contributed by atoms with Gasteiger partial charge in [-0.2, -0.15) is 0 Å². The molecule has 0 aliphatic heterocycles. The van der Waals surface area contributed by atoms with Gasteiger partial charge in [-0.25, -0.2) is 4.79 Å². The Morgan fingerprint density at radius 2 is 2.25 bits per heavy atom. The van der Waals surface area contributed by atoms with Gasteiger partial charge in [0.2, 0.25) is 16.5 Å². The average Bonchev–Trinajstić information content (AvgIpc) is 1.37. The molecule has 0 saturated heterocycles. The van der Waals surface area contributed by atoms with Crippen molar-refractivity contribution < 1.29 is 4.79 Å². The topological polar surface area (TPSA) is 29.4 Å². The molecule has 0 amide bonds. The lowest BCUT2D eigenvalue weighted by Crippen LogP contribution is -1.43. The highest BCUT2D eigenvalue weighted by Gasteiger charge is 1.32. The summed E-state index contributed by atoms with van der Waals surface area (Å²) in [5, 5.41) is 0. The van der Waals surface area contributed by atoms with Gasteiger partial charge in [-0.3, -0.25) is 4.66 Å². The highest BCUT2D eigenvalue weighted by molar-refractivity contribution is 6.07. The lowest BCUT2D eigenvalue weighted by atomic mass is 11.7. The van der Waals surface area contributed by atoms with Gasteiger partial charge in [-0.1, -0.05) is 0 Å². The van der Waals surface area contributed by atoms with E-state index < -0.39 is 0 Å². The molecule has 0 aliphatic rings. The Bertz CT molecular complexity index is 46.0. The lowest BCUT2D eigenvalue weighted by molar-refractivity contribution is 0.566. The molecule has 0 rings (SSSR count). The van der Waals surface area contributed by atoms with E-state index in [9.17, 15) is 0 Å². The normalized spacial score (nSPS) is 4.25. The third-order valence-electron chi connectivity index (χ3n) is 0.0456. The summed E-state index contributed by atoms with van der Waals surface area (Å²) in [5.74, 6) is 0. The van der Waals surface area contributed by atoms with E-state index in [-0.39, 0.29) is 0 Å². The van der Waals surface area contributed by atoms with Gasteiger partial charge in [0.05, 0.1) is 0 Å². The van der Waals surface area contributed by atoms with Crippen molar-refractivity contribution in [3.63, 3.8) is 0 Å². The number of hydrogen-bond donors (Lipinski definition) is 0. The van der Waals surface area contributed by atoms with Crippen molar-refractivity contribution in [1.82, 2.24) is 0 Å². The minimum Gasteiger partial charge on any atom is -0.251 e. The first-order valence-corrected chi connectivity index (χ1v) is 1.10. The molecule has 0 bridgehead atoms. The highest BCUT2D eigenvalue weighted by Crippen LogP contribution is 1.24. The molecule has 0 atom stereocenters. The molecule has 0 saturated carbocycles. The van der Waals surface area contributed by atoms with Crippen LogP contribution in [0.25, 0.3) is 0 Å². The number of hydrogen-bond acceptors (Lipinski definition) is 2.